The van der Waals surface area contributed by atoms with Crippen LogP contribution in [0.3, 0.4) is 0 Å². The second-order valence-electron chi connectivity index (χ2n) is 4.32. The van der Waals surface area contributed by atoms with Gasteiger partial charge in [0.1, 0.15) is 11.9 Å². The number of nitrogens with zero attached hydrogens (tertiary/aromatic N) is 2. The first kappa shape index (κ1) is 12.8. The summed E-state index contributed by atoms with van der Waals surface area (Å²) in [5, 5.41) is 0. The molecule has 1 amide bonds. The first-order valence-electron chi connectivity index (χ1n) is 5.93. The van der Waals surface area contributed by atoms with Crippen LogP contribution in [0.4, 0.5) is 5.82 Å². The van der Waals surface area contributed by atoms with Crippen molar-refractivity contribution in [2.24, 2.45) is 11.5 Å². The number of primary amides is 1. The molecule has 2 heterocycles. The Morgan fingerprint density at radius 2 is 2.44 bits per heavy atom. The average Bonchev–Trinajstić information content (AvgIpc) is 2.38. The van der Waals surface area contributed by atoms with Crippen LogP contribution < -0.4 is 16.4 Å². The molecule has 0 aromatic carbocycles. The SMILES string of the molecule is Cc1ccnc(N2CCOCC2C(N)=O)c1CN. The van der Waals surface area contributed by atoms with Crippen molar-refractivity contribution in [2.75, 3.05) is 24.7 Å². The number of rotatable bonds is 3. The van der Waals surface area contributed by atoms with E-state index in [1.54, 1.807) is 6.20 Å². The molecule has 1 unspecified atom stereocenters. The topological polar surface area (TPSA) is 94.5 Å². The lowest BCUT2D eigenvalue weighted by atomic mass is 10.1. The number of morpholine rings is 1. The van der Waals surface area contributed by atoms with Crippen molar-refractivity contribution < 1.29 is 9.53 Å². The summed E-state index contributed by atoms with van der Waals surface area (Å²) in [6.07, 6.45) is 1.72. The van der Waals surface area contributed by atoms with Crippen molar-refractivity contribution in [3.8, 4) is 0 Å². The molecule has 6 heteroatoms. The minimum atomic E-state index is -0.474. The molecule has 0 saturated carbocycles. The Kier molecular flexibility index (Phi) is 3.78. The molecule has 98 valence electrons. The lowest BCUT2D eigenvalue weighted by Gasteiger charge is -2.35. The number of aromatic nitrogens is 1. The zero-order chi connectivity index (χ0) is 13.1. The van der Waals surface area contributed by atoms with E-state index in [-0.39, 0.29) is 0 Å². The second kappa shape index (κ2) is 5.32. The molecule has 1 aromatic heterocycles. The van der Waals surface area contributed by atoms with Crippen molar-refractivity contribution in [1.29, 1.82) is 0 Å². The van der Waals surface area contributed by atoms with E-state index in [4.69, 9.17) is 16.2 Å². The summed E-state index contributed by atoms with van der Waals surface area (Å²) >= 11 is 0. The third-order valence-corrected chi connectivity index (χ3v) is 3.20. The van der Waals surface area contributed by atoms with Crippen LogP contribution >= 0.6 is 0 Å². The average molecular weight is 250 g/mol. The number of pyridine rings is 1. The Labute approximate surface area is 106 Å². The molecule has 1 aliphatic rings. The molecule has 6 nitrogen and oxygen atoms in total. The third kappa shape index (κ3) is 2.30. The van der Waals surface area contributed by atoms with E-state index in [0.717, 1.165) is 16.9 Å². The summed E-state index contributed by atoms with van der Waals surface area (Å²) in [4.78, 5) is 17.7. The fourth-order valence-corrected chi connectivity index (χ4v) is 2.17. The molecule has 0 bridgehead atoms. The number of nitrogens with two attached hydrogens (primary N) is 2. The predicted octanol–water partition coefficient (Wildman–Crippen LogP) is -0.461. The van der Waals surface area contributed by atoms with Crippen molar-refractivity contribution in [3.63, 3.8) is 0 Å². The molecule has 1 fully saturated rings. The Bertz CT molecular complexity index is 450. The minimum Gasteiger partial charge on any atom is -0.377 e. The number of anilines is 1. The number of aryl methyl sites for hydroxylation is 1. The highest BCUT2D eigenvalue weighted by atomic mass is 16.5. The molecule has 1 saturated heterocycles. The molecule has 2 rings (SSSR count). The van der Waals surface area contributed by atoms with E-state index in [1.807, 2.05) is 17.9 Å². The summed E-state index contributed by atoms with van der Waals surface area (Å²) in [6.45, 7) is 3.82. The number of amides is 1. The molecular weight excluding hydrogens is 232 g/mol. The van der Waals surface area contributed by atoms with Gasteiger partial charge in [-0.3, -0.25) is 4.79 Å². The number of carbonyl (C=O) groups excluding carboxylic acids is 1. The maximum Gasteiger partial charge on any atom is 0.242 e. The second-order valence-corrected chi connectivity index (χ2v) is 4.32. The summed E-state index contributed by atoms with van der Waals surface area (Å²) in [5.74, 6) is 0.338. The van der Waals surface area contributed by atoms with Gasteiger partial charge in [0.25, 0.3) is 0 Å². The lowest BCUT2D eigenvalue weighted by molar-refractivity contribution is -0.121. The van der Waals surface area contributed by atoms with E-state index in [2.05, 4.69) is 4.98 Å². The molecule has 0 radical (unpaired) electrons. The Balaban J connectivity index is 2.39. The molecule has 18 heavy (non-hydrogen) atoms. The smallest absolute Gasteiger partial charge is 0.242 e. The first-order valence-corrected chi connectivity index (χ1v) is 5.93. The van der Waals surface area contributed by atoms with Gasteiger partial charge < -0.3 is 21.1 Å². The van der Waals surface area contributed by atoms with Gasteiger partial charge in [-0.2, -0.15) is 0 Å². The molecule has 1 aromatic rings. The first-order chi connectivity index (χ1) is 8.65. The third-order valence-electron chi connectivity index (χ3n) is 3.20. The van der Waals surface area contributed by atoms with E-state index < -0.39 is 11.9 Å². The van der Waals surface area contributed by atoms with Crippen LogP contribution in [0, 0.1) is 6.92 Å². The predicted molar refractivity (Wildman–Crippen MR) is 68.0 cm³/mol. The summed E-state index contributed by atoms with van der Waals surface area (Å²) in [6, 6.07) is 1.43. The normalized spacial score (nSPS) is 19.9. The maximum absolute atomic E-state index is 11.5. The lowest BCUT2D eigenvalue weighted by Crippen LogP contribution is -2.53. The van der Waals surface area contributed by atoms with E-state index >= 15 is 0 Å². The van der Waals surface area contributed by atoms with Crippen LogP contribution in [-0.2, 0) is 16.1 Å². The van der Waals surface area contributed by atoms with Crippen LogP contribution in [0.2, 0.25) is 0 Å². The van der Waals surface area contributed by atoms with Gasteiger partial charge in [0.2, 0.25) is 5.91 Å². The monoisotopic (exact) mass is 250 g/mol. The number of hydrogen-bond donors (Lipinski definition) is 2. The van der Waals surface area contributed by atoms with Crippen molar-refractivity contribution in [3.05, 3.63) is 23.4 Å². The van der Waals surface area contributed by atoms with Gasteiger partial charge in [-0.1, -0.05) is 0 Å². The number of ether oxygens (including phenoxy) is 1. The fraction of sp³-hybridized carbons (Fsp3) is 0.500. The van der Waals surface area contributed by atoms with Gasteiger partial charge in [-0.05, 0) is 18.6 Å². The van der Waals surface area contributed by atoms with Crippen molar-refractivity contribution in [1.82, 2.24) is 4.98 Å². The summed E-state index contributed by atoms with van der Waals surface area (Å²) in [7, 11) is 0. The van der Waals surface area contributed by atoms with E-state index in [1.165, 1.54) is 0 Å². The Hall–Kier alpha value is -1.66. The van der Waals surface area contributed by atoms with Gasteiger partial charge in [0, 0.05) is 24.8 Å². The molecule has 1 atom stereocenters. The Morgan fingerprint density at radius 1 is 1.67 bits per heavy atom. The molecule has 0 spiro atoms. The number of carbonyl (C=O) groups is 1. The quantitative estimate of drug-likeness (QED) is 0.757. The van der Waals surface area contributed by atoms with E-state index in [0.29, 0.717) is 26.3 Å². The molecule has 0 aliphatic carbocycles. The zero-order valence-electron chi connectivity index (χ0n) is 10.4. The van der Waals surface area contributed by atoms with E-state index in [9.17, 15) is 4.79 Å². The van der Waals surface area contributed by atoms with Crippen LogP contribution in [0.25, 0.3) is 0 Å². The molecule has 1 aliphatic heterocycles. The van der Waals surface area contributed by atoms with Crippen LogP contribution in [0.1, 0.15) is 11.1 Å². The van der Waals surface area contributed by atoms with Crippen molar-refractivity contribution in [2.45, 2.75) is 19.5 Å². The van der Waals surface area contributed by atoms with Gasteiger partial charge in [-0.25, -0.2) is 4.98 Å². The van der Waals surface area contributed by atoms with Gasteiger partial charge in [0.15, 0.2) is 0 Å². The van der Waals surface area contributed by atoms with Gasteiger partial charge in [-0.15, -0.1) is 0 Å². The maximum atomic E-state index is 11.5. The molecule has 4 N–H and O–H groups in total. The molecular formula is C12H18N4O2. The highest BCUT2D eigenvalue weighted by molar-refractivity contribution is 5.84. The van der Waals surface area contributed by atoms with Crippen LogP contribution in [-0.4, -0.2) is 36.7 Å². The van der Waals surface area contributed by atoms with Gasteiger partial charge >= 0.3 is 0 Å². The summed E-state index contributed by atoms with van der Waals surface area (Å²) in [5.41, 5.74) is 13.2. The Morgan fingerprint density at radius 3 is 3.11 bits per heavy atom. The highest BCUT2D eigenvalue weighted by Crippen LogP contribution is 2.23. The van der Waals surface area contributed by atoms with Crippen LogP contribution in [0.5, 0.6) is 0 Å². The fourth-order valence-electron chi connectivity index (χ4n) is 2.17. The van der Waals surface area contributed by atoms with Crippen LogP contribution in [0.15, 0.2) is 12.3 Å². The minimum absolute atomic E-state index is 0.301. The number of hydrogen-bond acceptors (Lipinski definition) is 5. The standard InChI is InChI=1S/C12H18N4O2/c1-8-2-3-15-12(9(8)6-13)16-4-5-18-7-10(16)11(14)17/h2-3,10H,4-7,13H2,1H3,(H2,14,17). The van der Waals surface area contributed by atoms with Gasteiger partial charge in [0.05, 0.1) is 13.2 Å². The summed E-state index contributed by atoms with van der Waals surface area (Å²) < 4.78 is 5.30. The largest absolute Gasteiger partial charge is 0.377 e. The zero-order valence-corrected chi connectivity index (χ0v) is 10.4. The highest BCUT2D eigenvalue weighted by Gasteiger charge is 2.30. The van der Waals surface area contributed by atoms with Crippen molar-refractivity contribution >= 4 is 11.7 Å².